The molecule has 1 aromatic rings. The second-order valence-corrected chi connectivity index (χ2v) is 4.63. The van der Waals surface area contributed by atoms with E-state index in [1.165, 1.54) is 0 Å². The first-order valence-corrected chi connectivity index (χ1v) is 5.36. The van der Waals surface area contributed by atoms with Gasteiger partial charge in [0.05, 0.1) is 13.2 Å². The lowest BCUT2D eigenvalue weighted by molar-refractivity contribution is 0.264. The van der Waals surface area contributed by atoms with E-state index in [4.69, 9.17) is 4.74 Å². The van der Waals surface area contributed by atoms with Crippen molar-refractivity contribution in [3.63, 3.8) is 0 Å². The average Bonchev–Trinajstić information content (AvgIpc) is 2.17. The maximum Gasteiger partial charge on any atom is 0.128 e. The van der Waals surface area contributed by atoms with Gasteiger partial charge in [-0.05, 0) is 17.9 Å². The van der Waals surface area contributed by atoms with Crippen LogP contribution >= 0.6 is 0 Å². The molecule has 0 aliphatic carbocycles. The molecule has 1 aromatic carbocycles. The lowest BCUT2D eigenvalue weighted by Gasteiger charge is -2.24. The summed E-state index contributed by atoms with van der Waals surface area (Å²) in [4.78, 5) is 0. The van der Waals surface area contributed by atoms with Crippen molar-refractivity contribution in [2.24, 2.45) is 0 Å². The highest BCUT2D eigenvalue weighted by atomic mass is 16.5. The van der Waals surface area contributed by atoms with E-state index in [0.717, 1.165) is 16.9 Å². The molecule has 0 amide bonds. The normalized spacial score (nSPS) is 11.5. The van der Waals surface area contributed by atoms with Crippen molar-refractivity contribution in [2.45, 2.75) is 39.7 Å². The maximum absolute atomic E-state index is 9.26. The van der Waals surface area contributed by atoms with Gasteiger partial charge in [0.25, 0.3) is 0 Å². The number of rotatable bonds is 3. The zero-order valence-electron chi connectivity index (χ0n) is 10.0. The quantitative estimate of drug-likeness (QED) is 0.827. The molecule has 0 fully saturated rings. The molecule has 84 valence electrons. The first-order valence-electron chi connectivity index (χ1n) is 5.36. The molecular formula is C13H20O2. The van der Waals surface area contributed by atoms with Crippen LogP contribution in [0.4, 0.5) is 0 Å². The van der Waals surface area contributed by atoms with Crippen LogP contribution in [0.1, 0.15) is 38.8 Å². The lowest BCUT2D eigenvalue weighted by Crippen LogP contribution is -2.14. The van der Waals surface area contributed by atoms with Crippen molar-refractivity contribution >= 4 is 0 Å². The van der Waals surface area contributed by atoms with Gasteiger partial charge in [0.15, 0.2) is 0 Å². The van der Waals surface area contributed by atoms with Crippen LogP contribution in [0.25, 0.3) is 0 Å². The first-order chi connectivity index (χ1) is 7.00. The molecular weight excluding hydrogens is 188 g/mol. The summed E-state index contributed by atoms with van der Waals surface area (Å²) in [6, 6.07) is 5.93. The minimum atomic E-state index is 0.0270. The molecule has 0 unspecified atom stereocenters. The van der Waals surface area contributed by atoms with Crippen LogP contribution in [0.15, 0.2) is 18.2 Å². The molecule has 0 heterocycles. The third kappa shape index (κ3) is 2.72. The van der Waals surface area contributed by atoms with Crippen LogP contribution in [0, 0.1) is 0 Å². The lowest BCUT2D eigenvalue weighted by atomic mass is 9.85. The van der Waals surface area contributed by atoms with Crippen LogP contribution in [0.2, 0.25) is 0 Å². The second-order valence-electron chi connectivity index (χ2n) is 4.63. The zero-order valence-corrected chi connectivity index (χ0v) is 10.0. The fourth-order valence-electron chi connectivity index (χ4n) is 1.61. The Morgan fingerprint density at radius 2 is 1.93 bits per heavy atom. The number of hydrogen-bond donors (Lipinski definition) is 1. The Kier molecular flexibility index (Phi) is 3.75. The molecule has 1 rings (SSSR count). The van der Waals surface area contributed by atoms with Crippen molar-refractivity contribution in [3.05, 3.63) is 29.3 Å². The first kappa shape index (κ1) is 12.1. The number of ether oxygens (including phenoxy) is 1. The standard InChI is InChI=1S/C13H20O2/c1-5-15-12-10(9-14)7-6-8-11(12)13(2,3)4/h6-8,14H,5,9H2,1-4H3. The fraction of sp³-hybridized carbons (Fsp3) is 0.538. The topological polar surface area (TPSA) is 29.5 Å². The number of benzene rings is 1. The number of para-hydroxylation sites is 1. The number of aliphatic hydroxyl groups is 1. The molecule has 0 bridgehead atoms. The van der Waals surface area contributed by atoms with Crippen LogP contribution in [-0.2, 0) is 12.0 Å². The Morgan fingerprint density at radius 1 is 1.27 bits per heavy atom. The highest BCUT2D eigenvalue weighted by Crippen LogP contribution is 2.34. The second kappa shape index (κ2) is 4.67. The van der Waals surface area contributed by atoms with E-state index in [9.17, 15) is 5.11 Å². The largest absolute Gasteiger partial charge is 0.493 e. The van der Waals surface area contributed by atoms with Crippen molar-refractivity contribution in [1.29, 1.82) is 0 Å². The Balaban J connectivity index is 3.25. The average molecular weight is 208 g/mol. The summed E-state index contributed by atoms with van der Waals surface area (Å²) >= 11 is 0. The molecule has 2 nitrogen and oxygen atoms in total. The number of aliphatic hydroxyl groups excluding tert-OH is 1. The van der Waals surface area contributed by atoms with E-state index in [-0.39, 0.29) is 12.0 Å². The predicted octanol–water partition coefficient (Wildman–Crippen LogP) is 2.88. The zero-order chi connectivity index (χ0) is 11.5. The van der Waals surface area contributed by atoms with E-state index in [1.54, 1.807) is 0 Å². The summed E-state index contributed by atoms with van der Waals surface area (Å²) in [5, 5.41) is 9.26. The third-order valence-electron chi connectivity index (χ3n) is 2.36. The van der Waals surface area contributed by atoms with Crippen molar-refractivity contribution in [3.8, 4) is 5.75 Å². The van der Waals surface area contributed by atoms with E-state index in [2.05, 4.69) is 26.8 Å². The molecule has 0 aliphatic heterocycles. The molecule has 1 N–H and O–H groups in total. The summed E-state index contributed by atoms with van der Waals surface area (Å²) in [6.07, 6.45) is 0. The maximum atomic E-state index is 9.26. The van der Waals surface area contributed by atoms with Gasteiger partial charge in [-0.3, -0.25) is 0 Å². The van der Waals surface area contributed by atoms with Gasteiger partial charge in [-0.1, -0.05) is 39.0 Å². The van der Waals surface area contributed by atoms with Crippen LogP contribution < -0.4 is 4.74 Å². The monoisotopic (exact) mass is 208 g/mol. The Morgan fingerprint density at radius 3 is 2.40 bits per heavy atom. The van der Waals surface area contributed by atoms with E-state index >= 15 is 0 Å². The van der Waals surface area contributed by atoms with E-state index < -0.39 is 0 Å². The van der Waals surface area contributed by atoms with Gasteiger partial charge in [-0.25, -0.2) is 0 Å². The van der Waals surface area contributed by atoms with Gasteiger partial charge < -0.3 is 9.84 Å². The SMILES string of the molecule is CCOc1c(CO)cccc1C(C)(C)C. The van der Waals surface area contributed by atoms with Crippen molar-refractivity contribution in [1.82, 2.24) is 0 Å². The minimum Gasteiger partial charge on any atom is -0.493 e. The number of hydrogen-bond acceptors (Lipinski definition) is 2. The molecule has 0 saturated carbocycles. The molecule has 0 aromatic heterocycles. The summed E-state index contributed by atoms with van der Waals surface area (Å²) in [5.41, 5.74) is 2.05. The minimum absolute atomic E-state index is 0.0270. The Bertz CT molecular complexity index is 324. The van der Waals surface area contributed by atoms with Gasteiger partial charge in [0, 0.05) is 5.56 Å². The third-order valence-corrected chi connectivity index (χ3v) is 2.36. The van der Waals surface area contributed by atoms with Gasteiger partial charge in [0.2, 0.25) is 0 Å². The molecule has 0 radical (unpaired) electrons. The fourth-order valence-corrected chi connectivity index (χ4v) is 1.61. The van der Waals surface area contributed by atoms with E-state index in [0.29, 0.717) is 6.61 Å². The van der Waals surface area contributed by atoms with Gasteiger partial charge in [-0.15, -0.1) is 0 Å². The Labute approximate surface area is 91.9 Å². The van der Waals surface area contributed by atoms with Gasteiger partial charge in [-0.2, -0.15) is 0 Å². The highest BCUT2D eigenvalue weighted by Gasteiger charge is 2.20. The Hall–Kier alpha value is -1.02. The summed E-state index contributed by atoms with van der Waals surface area (Å²) in [5.74, 6) is 0.843. The van der Waals surface area contributed by atoms with Crippen LogP contribution in [0.5, 0.6) is 5.75 Å². The smallest absolute Gasteiger partial charge is 0.128 e. The predicted molar refractivity (Wildman–Crippen MR) is 62.2 cm³/mol. The summed E-state index contributed by atoms with van der Waals surface area (Å²) in [7, 11) is 0. The molecule has 0 atom stereocenters. The van der Waals surface area contributed by atoms with Crippen LogP contribution in [-0.4, -0.2) is 11.7 Å². The summed E-state index contributed by atoms with van der Waals surface area (Å²) < 4.78 is 5.63. The van der Waals surface area contributed by atoms with Crippen LogP contribution in [0.3, 0.4) is 0 Å². The molecule has 0 aliphatic rings. The summed E-state index contributed by atoms with van der Waals surface area (Å²) in [6.45, 7) is 9.05. The van der Waals surface area contributed by atoms with Gasteiger partial charge >= 0.3 is 0 Å². The van der Waals surface area contributed by atoms with Crippen molar-refractivity contribution < 1.29 is 9.84 Å². The molecule has 0 saturated heterocycles. The van der Waals surface area contributed by atoms with Crippen molar-refractivity contribution in [2.75, 3.05) is 6.61 Å². The molecule has 2 heteroatoms. The van der Waals surface area contributed by atoms with E-state index in [1.807, 2.05) is 19.1 Å². The highest BCUT2D eigenvalue weighted by molar-refractivity contribution is 5.44. The molecule has 0 spiro atoms. The van der Waals surface area contributed by atoms with Gasteiger partial charge in [0.1, 0.15) is 5.75 Å². The molecule has 15 heavy (non-hydrogen) atoms.